The third-order valence-corrected chi connectivity index (χ3v) is 2.79. The molecule has 16 heavy (non-hydrogen) atoms. The Labute approximate surface area is 96.8 Å². The lowest BCUT2D eigenvalue weighted by molar-refractivity contribution is -0.0313. The summed E-state index contributed by atoms with van der Waals surface area (Å²) in [4.78, 5) is 0. The van der Waals surface area contributed by atoms with E-state index in [0.717, 1.165) is 12.0 Å². The van der Waals surface area contributed by atoms with Crippen LogP contribution < -0.4 is 5.73 Å². The first kappa shape index (κ1) is 12.5. The first-order valence-corrected chi connectivity index (χ1v) is 5.41. The van der Waals surface area contributed by atoms with Gasteiger partial charge in [-0.25, -0.2) is 0 Å². The fourth-order valence-corrected chi connectivity index (χ4v) is 1.21. The highest BCUT2D eigenvalue weighted by molar-refractivity contribution is 5.58. The Morgan fingerprint density at radius 2 is 2.12 bits per heavy atom. The lowest BCUT2D eigenvalue weighted by Crippen LogP contribution is -2.23. The van der Waals surface area contributed by atoms with Crippen molar-refractivity contribution in [2.45, 2.75) is 39.4 Å². The van der Waals surface area contributed by atoms with Gasteiger partial charge in [0.2, 0.25) is 0 Å². The van der Waals surface area contributed by atoms with Gasteiger partial charge in [0.25, 0.3) is 0 Å². The van der Waals surface area contributed by atoms with Crippen LogP contribution in [0.4, 0.5) is 5.69 Å². The first-order valence-electron chi connectivity index (χ1n) is 5.41. The van der Waals surface area contributed by atoms with Crippen LogP contribution >= 0.6 is 0 Å². The van der Waals surface area contributed by atoms with Crippen molar-refractivity contribution in [3.63, 3.8) is 0 Å². The molecule has 2 N–H and O–H groups in total. The molecule has 1 rings (SSSR count). The smallest absolute Gasteiger partial charge is 0.101 e. The predicted octanol–water partition coefficient (Wildman–Crippen LogP) is 2.85. The fourth-order valence-electron chi connectivity index (χ4n) is 1.21. The van der Waals surface area contributed by atoms with Crippen molar-refractivity contribution < 1.29 is 4.74 Å². The Morgan fingerprint density at radius 1 is 1.44 bits per heavy atom. The van der Waals surface area contributed by atoms with Crippen LogP contribution in [-0.2, 0) is 11.3 Å². The van der Waals surface area contributed by atoms with Crippen LogP contribution in [0, 0.1) is 11.3 Å². The second kappa shape index (κ2) is 5.00. The summed E-state index contributed by atoms with van der Waals surface area (Å²) >= 11 is 0. The average Bonchev–Trinajstić information content (AvgIpc) is 2.28. The number of nitrogen functional groups attached to an aromatic ring is 1. The number of nitrogens with zero attached hydrogens (tertiary/aromatic N) is 1. The average molecular weight is 218 g/mol. The fraction of sp³-hybridized carbons (Fsp3) is 0.462. The normalized spacial score (nSPS) is 11.1. The molecule has 0 saturated carbocycles. The maximum atomic E-state index is 8.85. The zero-order valence-corrected chi connectivity index (χ0v) is 10.1. The number of rotatable bonds is 4. The van der Waals surface area contributed by atoms with Crippen LogP contribution in [0.15, 0.2) is 18.2 Å². The van der Waals surface area contributed by atoms with Crippen molar-refractivity contribution in [2.24, 2.45) is 0 Å². The standard InChI is InChI=1S/C13H18N2O/c1-4-13(2,3)16-9-11-7-5-6-10(8-14)12(11)15/h5-7H,4,9,15H2,1-3H3. The number of benzene rings is 1. The predicted molar refractivity (Wildman–Crippen MR) is 64.7 cm³/mol. The van der Waals surface area contributed by atoms with Crippen molar-refractivity contribution in [1.82, 2.24) is 0 Å². The molecule has 0 bridgehead atoms. The molecule has 0 amide bonds. The Hall–Kier alpha value is -1.53. The van der Waals surface area contributed by atoms with Crippen molar-refractivity contribution >= 4 is 5.69 Å². The van der Waals surface area contributed by atoms with Gasteiger partial charge in [-0.3, -0.25) is 0 Å². The Balaban J connectivity index is 2.80. The van der Waals surface area contributed by atoms with Crippen molar-refractivity contribution in [3.05, 3.63) is 29.3 Å². The maximum Gasteiger partial charge on any atom is 0.101 e. The van der Waals surface area contributed by atoms with Gasteiger partial charge in [0, 0.05) is 5.56 Å². The zero-order chi connectivity index (χ0) is 12.2. The molecule has 0 unspecified atom stereocenters. The van der Waals surface area contributed by atoms with Crippen LogP contribution in [0.5, 0.6) is 0 Å². The van der Waals surface area contributed by atoms with E-state index in [-0.39, 0.29) is 5.60 Å². The maximum absolute atomic E-state index is 8.85. The van der Waals surface area contributed by atoms with E-state index in [1.807, 2.05) is 26.0 Å². The molecule has 0 saturated heterocycles. The molecule has 0 heterocycles. The van der Waals surface area contributed by atoms with Gasteiger partial charge in [-0.2, -0.15) is 5.26 Å². The quantitative estimate of drug-likeness (QED) is 0.790. The minimum atomic E-state index is -0.158. The third kappa shape index (κ3) is 2.98. The minimum absolute atomic E-state index is 0.158. The minimum Gasteiger partial charge on any atom is -0.397 e. The topological polar surface area (TPSA) is 59.0 Å². The summed E-state index contributed by atoms with van der Waals surface area (Å²) in [5.74, 6) is 0. The van der Waals surface area contributed by atoms with Gasteiger partial charge in [0.15, 0.2) is 0 Å². The molecule has 1 aromatic rings. The summed E-state index contributed by atoms with van der Waals surface area (Å²) in [5.41, 5.74) is 7.61. The van der Waals surface area contributed by atoms with Crippen LogP contribution in [0.25, 0.3) is 0 Å². The molecule has 1 aromatic carbocycles. The van der Waals surface area contributed by atoms with Crippen molar-refractivity contribution in [3.8, 4) is 6.07 Å². The number of para-hydroxylation sites is 1. The number of ether oxygens (including phenoxy) is 1. The number of anilines is 1. The van der Waals surface area contributed by atoms with E-state index in [2.05, 4.69) is 13.0 Å². The molecule has 0 aliphatic heterocycles. The van der Waals surface area contributed by atoms with E-state index in [1.165, 1.54) is 0 Å². The SMILES string of the molecule is CCC(C)(C)OCc1cccc(C#N)c1N. The monoisotopic (exact) mass is 218 g/mol. The van der Waals surface area contributed by atoms with Gasteiger partial charge < -0.3 is 10.5 Å². The van der Waals surface area contributed by atoms with E-state index >= 15 is 0 Å². The van der Waals surface area contributed by atoms with Crippen molar-refractivity contribution in [2.75, 3.05) is 5.73 Å². The summed E-state index contributed by atoms with van der Waals surface area (Å²) in [6, 6.07) is 7.50. The van der Waals surface area contributed by atoms with Gasteiger partial charge >= 0.3 is 0 Å². The molecule has 86 valence electrons. The molecule has 0 aromatic heterocycles. The van der Waals surface area contributed by atoms with E-state index in [4.69, 9.17) is 15.7 Å². The van der Waals surface area contributed by atoms with Gasteiger partial charge in [0.05, 0.1) is 23.5 Å². The van der Waals surface area contributed by atoms with Crippen molar-refractivity contribution in [1.29, 1.82) is 5.26 Å². The number of nitriles is 1. The highest BCUT2D eigenvalue weighted by Gasteiger charge is 2.16. The van der Waals surface area contributed by atoms with Gasteiger partial charge in [-0.1, -0.05) is 19.1 Å². The number of hydrogen-bond acceptors (Lipinski definition) is 3. The molecule has 0 spiro atoms. The van der Waals surface area contributed by atoms with Gasteiger partial charge in [-0.15, -0.1) is 0 Å². The molecule has 0 radical (unpaired) electrons. The molecule has 0 atom stereocenters. The third-order valence-electron chi connectivity index (χ3n) is 2.79. The van der Waals surface area contributed by atoms with E-state index < -0.39 is 0 Å². The highest BCUT2D eigenvalue weighted by atomic mass is 16.5. The molecule has 0 aliphatic carbocycles. The summed E-state index contributed by atoms with van der Waals surface area (Å²) in [5, 5.41) is 8.85. The Bertz CT molecular complexity index is 405. The van der Waals surface area contributed by atoms with Crippen LogP contribution in [0.1, 0.15) is 38.3 Å². The summed E-state index contributed by atoms with van der Waals surface area (Å²) in [6.07, 6.45) is 0.935. The van der Waals surface area contributed by atoms with Gasteiger partial charge in [-0.05, 0) is 26.3 Å². The van der Waals surface area contributed by atoms with Gasteiger partial charge in [0.1, 0.15) is 6.07 Å². The summed E-state index contributed by atoms with van der Waals surface area (Å²) < 4.78 is 5.76. The Kier molecular flexibility index (Phi) is 3.92. The van der Waals surface area contributed by atoms with E-state index in [9.17, 15) is 0 Å². The Morgan fingerprint density at radius 3 is 2.69 bits per heavy atom. The molecule has 0 aliphatic rings. The second-order valence-corrected chi connectivity index (χ2v) is 4.39. The van der Waals surface area contributed by atoms with E-state index in [1.54, 1.807) is 6.07 Å². The van der Waals surface area contributed by atoms with Crippen LogP contribution in [0.2, 0.25) is 0 Å². The molecular weight excluding hydrogens is 200 g/mol. The largest absolute Gasteiger partial charge is 0.397 e. The van der Waals surface area contributed by atoms with E-state index in [0.29, 0.717) is 17.9 Å². The molecule has 0 fully saturated rings. The number of hydrogen-bond donors (Lipinski definition) is 1. The molecule has 3 heteroatoms. The van der Waals surface area contributed by atoms with Crippen LogP contribution in [-0.4, -0.2) is 5.60 Å². The molecule has 3 nitrogen and oxygen atoms in total. The second-order valence-electron chi connectivity index (χ2n) is 4.39. The van der Waals surface area contributed by atoms with Crippen LogP contribution in [0.3, 0.4) is 0 Å². The lowest BCUT2D eigenvalue weighted by atomic mass is 10.1. The lowest BCUT2D eigenvalue weighted by Gasteiger charge is -2.24. The highest BCUT2D eigenvalue weighted by Crippen LogP contribution is 2.21. The molecular formula is C13H18N2O. The number of nitrogens with two attached hydrogens (primary N) is 1. The summed E-state index contributed by atoms with van der Waals surface area (Å²) in [6.45, 7) is 6.60. The first-order chi connectivity index (χ1) is 7.50. The summed E-state index contributed by atoms with van der Waals surface area (Å²) in [7, 11) is 0. The zero-order valence-electron chi connectivity index (χ0n) is 10.1.